The van der Waals surface area contributed by atoms with Gasteiger partial charge in [-0.25, -0.2) is 0 Å². The highest BCUT2D eigenvalue weighted by Crippen LogP contribution is 2.13. The monoisotopic (exact) mass is 458 g/mol. The average molecular weight is 459 g/mol. The molecule has 0 aliphatic carbocycles. The molecule has 0 aromatic heterocycles. The predicted molar refractivity (Wildman–Crippen MR) is 132 cm³/mol. The van der Waals surface area contributed by atoms with Crippen LogP contribution in [0.25, 0.3) is 0 Å². The molecule has 2 rings (SSSR count). The number of hydrogen-bond donors (Lipinski definition) is 3. The molecule has 1 aliphatic heterocycles. The van der Waals surface area contributed by atoms with Crippen LogP contribution in [0.4, 0.5) is 0 Å². The lowest BCUT2D eigenvalue weighted by molar-refractivity contribution is -0.141. The van der Waals surface area contributed by atoms with Gasteiger partial charge >= 0.3 is 0 Å². The quantitative estimate of drug-likeness (QED) is 0.647. The van der Waals surface area contributed by atoms with E-state index in [1.165, 1.54) is 4.90 Å². The van der Waals surface area contributed by atoms with Gasteiger partial charge in [0.15, 0.2) is 0 Å². The van der Waals surface area contributed by atoms with Crippen molar-refractivity contribution in [1.29, 1.82) is 0 Å². The van der Waals surface area contributed by atoms with E-state index in [0.717, 1.165) is 50.6 Å². The Morgan fingerprint density at radius 2 is 1.61 bits per heavy atom. The minimum Gasteiger partial charge on any atom is -0.354 e. The molecule has 1 fully saturated rings. The van der Waals surface area contributed by atoms with Crippen molar-refractivity contribution < 1.29 is 14.4 Å². The zero-order chi connectivity index (χ0) is 24.2. The summed E-state index contributed by atoms with van der Waals surface area (Å²) >= 11 is 0. The number of benzene rings is 1. The van der Waals surface area contributed by atoms with Crippen molar-refractivity contribution in [1.82, 2.24) is 20.9 Å². The molecule has 4 atom stereocenters. The molecule has 0 bridgehead atoms. The number of carbonyl (C=O) groups excluding carboxylic acids is 3. The Bertz CT molecular complexity index is 755. The van der Waals surface area contributed by atoms with Crippen LogP contribution in [0, 0.1) is 5.92 Å². The fourth-order valence-electron chi connectivity index (χ4n) is 4.08. The Balaban J connectivity index is 2.21. The lowest BCUT2D eigenvalue weighted by Crippen LogP contribution is -2.57. The van der Waals surface area contributed by atoms with E-state index in [9.17, 15) is 14.4 Å². The number of likely N-dealkylation sites (N-methyl/N-ethyl adjacent to an activating group) is 1. The molecule has 7 heteroatoms. The third-order valence-corrected chi connectivity index (χ3v) is 6.72. The zero-order valence-electron chi connectivity index (χ0n) is 20.7. The van der Waals surface area contributed by atoms with E-state index in [-0.39, 0.29) is 29.7 Å². The molecule has 1 heterocycles. The number of carbonyl (C=O) groups is 3. The van der Waals surface area contributed by atoms with Crippen molar-refractivity contribution in [2.24, 2.45) is 5.92 Å². The van der Waals surface area contributed by atoms with Crippen LogP contribution in [0.2, 0.25) is 0 Å². The van der Waals surface area contributed by atoms with Crippen LogP contribution < -0.4 is 16.0 Å². The SMILES string of the molecule is CC[C@H](C)C1NCCCCCCCNC(=O)C(Cc2ccccc2)NC(=O)C(C)N(C)C1=O. The summed E-state index contributed by atoms with van der Waals surface area (Å²) in [6.07, 6.45) is 6.43. The lowest BCUT2D eigenvalue weighted by Gasteiger charge is -2.32. The molecule has 1 aromatic rings. The van der Waals surface area contributed by atoms with Gasteiger partial charge in [0.1, 0.15) is 12.1 Å². The topological polar surface area (TPSA) is 90.5 Å². The Labute approximate surface area is 199 Å². The average Bonchev–Trinajstić information content (AvgIpc) is 2.83. The lowest BCUT2D eigenvalue weighted by atomic mass is 9.97. The van der Waals surface area contributed by atoms with Crippen molar-refractivity contribution in [3.8, 4) is 0 Å². The first-order chi connectivity index (χ1) is 15.8. The van der Waals surface area contributed by atoms with Crippen molar-refractivity contribution >= 4 is 17.7 Å². The molecule has 0 saturated carbocycles. The molecule has 1 aromatic carbocycles. The van der Waals surface area contributed by atoms with Gasteiger partial charge in [-0.15, -0.1) is 0 Å². The van der Waals surface area contributed by atoms with Gasteiger partial charge in [-0.2, -0.15) is 0 Å². The highest BCUT2D eigenvalue weighted by molar-refractivity contribution is 5.93. The normalized spacial score (nSPS) is 25.6. The van der Waals surface area contributed by atoms with Gasteiger partial charge in [0.25, 0.3) is 0 Å². The summed E-state index contributed by atoms with van der Waals surface area (Å²) in [5, 5.41) is 9.33. The molecule has 3 N–H and O–H groups in total. The van der Waals surface area contributed by atoms with Gasteiger partial charge in [0.05, 0.1) is 6.04 Å². The number of amides is 3. The molecule has 1 saturated heterocycles. The second kappa shape index (κ2) is 14.0. The molecule has 7 nitrogen and oxygen atoms in total. The predicted octanol–water partition coefficient (Wildman–Crippen LogP) is 2.65. The van der Waals surface area contributed by atoms with E-state index >= 15 is 0 Å². The number of rotatable bonds is 4. The molecule has 3 unspecified atom stereocenters. The van der Waals surface area contributed by atoms with Crippen LogP contribution in [-0.2, 0) is 20.8 Å². The minimum absolute atomic E-state index is 0.0830. The molecule has 0 radical (unpaired) electrons. The smallest absolute Gasteiger partial charge is 0.243 e. The molecule has 1 aliphatic rings. The van der Waals surface area contributed by atoms with Gasteiger partial charge in [0, 0.05) is 20.0 Å². The van der Waals surface area contributed by atoms with Crippen LogP contribution in [0.3, 0.4) is 0 Å². The molecule has 3 amide bonds. The van der Waals surface area contributed by atoms with E-state index < -0.39 is 12.1 Å². The summed E-state index contributed by atoms with van der Waals surface area (Å²) in [4.78, 5) is 40.8. The summed E-state index contributed by atoms with van der Waals surface area (Å²) < 4.78 is 0. The second-order valence-electron chi connectivity index (χ2n) is 9.25. The number of nitrogens with one attached hydrogen (secondary N) is 3. The summed E-state index contributed by atoms with van der Waals surface area (Å²) in [5.74, 6) is -0.430. The van der Waals surface area contributed by atoms with Crippen molar-refractivity contribution in [3.05, 3.63) is 35.9 Å². The van der Waals surface area contributed by atoms with Gasteiger partial charge in [-0.3, -0.25) is 14.4 Å². The van der Waals surface area contributed by atoms with Gasteiger partial charge in [-0.1, -0.05) is 69.9 Å². The van der Waals surface area contributed by atoms with Crippen LogP contribution in [0.1, 0.15) is 64.9 Å². The second-order valence-corrected chi connectivity index (χ2v) is 9.25. The van der Waals surface area contributed by atoms with Crippen LogP contribution in [0.5, 0.6) is 0 Å². The van der Waals surface area contributed by atoms with Crippen LogP contribution in [0.15, 0.2) is 30.3 Å². The standard InChI is InChI=1S/C26H42N4O3/c1-5-19(2)23-26(33)30(4)20(3)24(31)29-22(18-21-14-10-9-11-15-21)25(32)28-17-13-8-6-7-12-16-27-23/h9-11,14-15,19-20,22-23,27H,5-8,12-13,16-18H2,1-4H3,(H,28,32)(H,29,31)/t19-,20?,22?,23?/m0/s1. The van der Waals surface area contributed by atoms with E-state index in [1.54, 1.807) is 14.0 Å². The highest BCUT2D eigenvalue weighted by atomic mass is 16.2. The number of hydrogen-bond acceptors (Lipinski definition) is 4. The summed E-state index contributed by atoms with van der Waals surface area (Å²) in [6.45, 7) is 7.24. The van der Waals surface area contributed by atoms with Gasteiger partial charge < -0.3 is 20.9 Å². The van der Waals surface area contributed by atoms with Gasteiger partial charge in [0.2, 0.25) is 17.7 Å². The third-order valence-electron chi connectivity index (χ3n) is 6.72. The van der Waals surface area contributed by atoms with Crippen molar-refractivity contribution in [3.63, 3.8) is 0 Å². The first-order valence-corrected chi connectivity index (χ1v) is 12.5. The minimum atomic E-state index is -0.690. The van der Waals surface area contributed by atoms with E-state index in [1.807, 2.05) is 30.3 Å². The van der Waals surface area contributed by atoms with Gasteiger partial charge in [-0.05, 0) is 37.8 Å². The summed E-state index contributed by atoms with van der Waals surface area (Å²) in [5.41, 5.74) is 0.974. The first-order valence-electron chi connectivity index (χ1n) is 12.5. The summed E-state index contributed by atoms with van der Waals surface area (Å²) in [6, 6.07) is 7.96. The fourth-order valence-corrected chi connectivity index (χ4v) is 4.08. The number of nitrogens with zero attached hydrogens (tertiary/aromatic N) is 1. The highest BCUT2D eigenvalue weighted by Gasteiger charge is 2.32. The van der Waals surface area contributed by atoms with E-state index in [4.69, 9.17) is 0 Å². The Morgan fingerprint density at radius 1 is 0.970 bits per heavy atom. The van der Waals surface area contributed by atoms with E-state index in [0.29, 0.717) is 13.0 Å². The maximum Gasteiger partial charge on any atom is 0.243 e. The van der Waals surface area contributed by atoms with Crippen LogP contribution in [-0.4, -0.2) is 60.9 Å². The summed E-state index contributed by atoms with van der Waals surface area (Å²) in [7, 11) is 1.67. The van der Waals surface area contributed by atoms with Crippen molar-refractivity contribution in [2.75, 3.05) is 20.1 Å². The molecular weight excluding hydrogens is 416 g/mol. The first kappa shape index (κ1) is 26.8. The Morgan fingerprint density at radius 3 is 2.27 bits per heavy atom. The molecule has 33 heavy (non-hydrogen) atoms. The molecule has 184 valence electrons. The molecule has 0 spiro atoms. The Hall–Kier alpha value is -2.41. The van der Waals surface area contributed by atoms with Crippen molar-refractivity contribution in [2.45, 2.75) is 83.8 Å². The third kappa shape index (κ3) is 8.46. The van der Waals surface area contributed by atoms with E-state index in [2.05, 4.69) is 29.8 Å². The largest absolute Gasteiger partial charge is 0.354 e. The maximum atomic E-state index is 13.3. The molecular formula is C26H42N4O3. The maximum absolute atomic E-state index is 13.3. The Kier molecular flexibility index (Phi) is 11.4. The van der Waals surface area contributed by atoms with Crippen LogP contribution >= 0.6 is 0 Å². The zero-order valence-corrected chi connectivity index (χ0v) is 20.7. The fraction of sp³-hybridized carbons (Fsp3) is 0.654.